The van der Waals surface area contributed by atoms with E-state index in [4.69, 9.17) is 4.74 Å². The Morgan fingerprint density at radius 2 is 1.52 bits per heavy atom. The molecule has 46 heavy (non-hydrogen) atoms. The van der Waals surface area contributed by atoms with E-state index in [1.807, 2.05) is 82.3 Å². The summed E-state index contributed by atoms with van der Waals surface area (Å²) in [7, 11) is -2.71. The highest BCUT2D eigenvalue weighted by Gasteiger charge is 2.35. The van der Waals surface area contributed by atoms with Gasteiger partial charge in [0.1, 0.15) is 18.3 Å². The fourth-order valence-corrected chi connectivity index (χ4v) is 6.49. The number of aryl methyl sites for hydroxylation is 2. The van der Waals surface area contributed by atoms with Crippen molar-refractivity contribution in [1.82, 2.24) is 10.2 Å². The zero-order chi connectivity index (χ0) is 33.3. The number of ether oxygens (including phenoxy) is 1. The molecule has 4 aromatic rings. The number of hydrogen-bond donors (Lipinski definition) is 1. The molecule has 0 unspecified atom stereocenters. The van der Waals surface area contributed by atoms with Crippen LogP contribution in [0.3, 0.4) is 0 Å². The van der Waals surface area contributed by atoms with Gasteiger partial charge in [-0.15, -0.1) is 0 Å². The number of methoxy groups -OCH3 is 1. The first-order valence-corrected chi connectivity index (χ1v) is 16.8. The molecule has 1 atom stereocenters. The summed E-state index contributed by atoms with van der Waals surface area (Å²) < 4.78 is 34.9. The second-order valence-corrected chi connectivity index (χ2v) is 13.7. The second kappa shape index (κ2) is 15.6. The average Bonchev–Trinajstić information content (AvgIpc) is 3.05. The van der Waals surface area contributed by atoms with Crippen LogP contribution < -0.4 is 14.4 Å². The smallest absolute Gasteiger partial charge is 0.264 e. The van der Waals surface area contributed by atoms with Crippen LogP contribution in [0.5, 0.6) is 5.75 Å². The van der Waals surface area contributed by atoms with E-state index in [9.17, 15) is 18.0 Å². The number of carbonyl (C=O) groups excluding carboxylic acids is 2. The number of rotatable bonds is 14. The van der Waals surface area contributed by atoms with E-state index in [-0.39, 0.29) is 35.4 Å². The van der Waals surface area contributed by atoms with Gasteiger partial charge in [-0.2, -0.15) is 0 Å². The summed E-state index contributed by atoms with van der Waals surface area (Å²) >= 11 is 0. The molecule has 0 saturated carbocycles. The Morgan fingerprint density at radius 3 is 2.17 bits per heavy atom. The first kappa shape index (κ1) is 34.2. The minimum Gasteiger partial charge on any atom is -0.497 e. The molecule has 4 aromatic carbocycles. The number of hydrogen-bond acceptors (Lipinski definition) is 5. The van der Waals surface area contributed by atoms with Crippen LogP contribution in [0.2, 0.25) is 0 Å². The maximum Gasteiger partial charge on any atom is 0.264 e. The third kappa shape index (κ3) is 8.75. The summed E-state index contributed by atoms with van der Waals surface area (Å²) in [6, 6.07) is 29.4. The van der Waals surface area contributed by atoms with E-state index in [0.29, 0.717) is 12.3 Å². The van der Waals surface area contributed by atoms with E-state index in [2.05, 4.69) is 5.32 Å². The number of anilines is 1. The lowest BCUT2D eigenvalue weighted by Crippen LogP contribution is -2.53. The molecule has 2 amide bonds. The van der Waals surface area contributed by atoms with Gasteiger partial charge in [-0.3, -0.25) is 13.9 Å². The van der Waals surface area contributed by atoms with Crippen LogP contribution in [-0.2, 0) is 32.6 Å². The number of carbonyl (C=O) groups is 2. The van der Waals surface area contributed by atoms with Crippen molar-refractivity contribution >= 4 is 27.5 Å². The molecule has 0 spiro atoms. The molecular weight excluding hydrogens is 598 g/mol. The largest absolute Gasteiger partial charge is 0.497 e. The highest BCUT2D eigenvalue weighted by Crippen LogP contribution is 2.28. The molecular formula is C37H43N3O5S. The van der Waals surface area contributed by atoms with Crippen LogP contribution in [0.1, 0.15) is 36.1 Å². The third-order valence-corrected chi connectivity index (χ3v) is 9.57. The van der Waals surface area contributed by atoms with Crippen LogP contribution in [0.25, 0.3) is 0 Å². The van der Waals surface area contributed by atoms with E-state index < -0.39 is 28.5 Å². The molecule has 0 saturated heterocycles. The molecule has 0 aliphatic heterocycles. The van der Waals surface area contributed by atoms with Gasteiger partial charge in [0, 0.05) is 25.6 Å². The van der Waals surface area contributed by atoms with Gasteiger partial charge < -0.3 is 15.0 Å². The summed E-state index contributed by atoms with van der Waals surface area (Å²) in [5.41, 5.74) is 3.88. The topological polar surface area (TPSA) is 96.0 Å². The van der Waals surface area contributed by atoms with Crippen molar-refractivity contribution in [3.63, 3.8) is 0 Å². The van der Waals surface area contributed by atoms with Crippen molar-refractivity contribution in [2.45, 2.75) is 51.6 Å². The molecule has 4 rings (SSSR count). The molecule has 0 aromatic heterocycles. The standard InChI is InChI=1S/C37H43N3O5S/c1-27(2)24-38-37(42)35(22-30-13-7-6-8-14-30)39(25-31-15-10-9-12-29(31)4)36(41)26-40(32-16-11-17-33(23-32)45-5)46(43,44)34-20-18-28(3)19-21-34/h6-21,23,27,35H,22,24-26H2,1-5H3,(H,38,42)/t35-/m1/s1. The fourth-order valence-electron chi connectivity index (χ4n) is 5.08. The fraction of sp³-hybridized carbons (Fsp3) is 0.297. The molecule has 1 N–H and O–H groups in total. The summed E-state index contributed by atoms with van der Waals surface area (Å²) in [5.74, 6) is -0.165. The number of benzene rings is 4. The van der Waals surface area contributed by atoms with Crippen molar-refractivity contribution in [1.29, 1.82) is 0 Å². The zero-order valence-electron chi connectivity index (χ0n) is 27.1. The molecule has 0 aliphatic carbocycles. The minimum absolute atomic E-state index is 0.0506. The highest BCUT2D eigenvalue weighted by atomic mass is 32.2. The van der Waals surface area contributed by atoms with Gasteiger partial charge in [0.2, 0.25) is 11.8 Å². The van der Waals surface area contributed by atoms with Gasteiger partial charge in [-0.1, -0.05) is 92.2 Å². The van der Waals surface area contributed by atoms with Gasteiger partial charge >= 0.3 is 0 Å². The Hall–Kier alpha value is -4.63. The van der Waals surface area contributed by atoms with E-state index in [0.717, 1.165) is 26.6 Å². The van der Waals surface area contributed by atoms with E-state index in [1.54, 1.807) is 36.4 Å². The van der Waals surface area contributed by atoms with Gasteiger partial charge in [0.15, 0.2) is 0 Å². The summed E-state index contributed by atoms with van der Waals surface area (Å²) in [4.78, 5) is 30.1. The number of nitrogens with one attached hydrogen (secondary N) is 1. The van der Waals surface area contributed by atoms with Crippen molar-refractivity contribution in [2.75, 3.05) is 24.5 Å². The Kier molecular flexibility index (Phi) is 11.6. The molecule has 0 heterocycles. The third-order valence-electron chi connectivity index (χ3n) is 7.79. The maximum absolute atomic E-state index is 14.6. The van der Waals surface area contributed by atoms with Gasteiger partial charge in [-0.05, 0) is 60.7 Å². The lowest BCUT2D eigenvalue weighted by Gasteiger charge is -2.34. The molecule has 9 heteroatoms. The van der Waals surface area contributed by atoms with Crippen molar-refractivity contribution < 1.29 is 22.7 Å². The lowest BCUT2D eigenvalue weighted by atomic mass is 10.0. The first-order valence-electron chi connectivity index (χ1n) is 15.4. The highest BCUT2D eigenvalue weighted by molar-refractivity contribution is 7.92. The van der Waals surface area contributed by atoms with Gasteiger partial charge in [0.25, 0.3) is 10.0 Å². The van der Waals surface area contributed by atoms with E-state index >= 15 is 0 Å². The summed E-state index contributed by atoms with van der Waals surface area (Å²) in [6.45, 7) is 7.87. The van der Waals surface area contributed by atoms with E-state index in [1.165, 1.54) is 24.1 Å². The van der Waals surface area contributed by atoms with Crippen LogP contribution in [0.4, 0.5) is 5.69 Å². The first-order chi connectivity index (χ1) is 22.0. The maximum atomic E-state index is 14.6. The summed E-state index contributed by atoms with van der Waals surface area (Å²) in [5, 5.41) is 3.02. The molecule has 8 nitrogen and oxygen atoms in total. The second-order valence-electron chi connectivity index (χ2n) is 11.8. The minimum atomic E-state index is -4.20. The normalized spacial score (nSPS) is 12.0. The Labute approximate surface area is 273 Å². The SMILES string of the molecule is COc1cccc(N(CC(=O)N(Cc2ccccc2C)[C@H](Cc2ccccc2)C(=O)NCC(C)C)S(=O)(=O)c2ccc(C)cc2)c1. The predicted molar refractivity (Wildman–Crippen MR) is 182 cm³/mol. The zero-order valence-corrected chi connectivity index (χ0v) is 28.0. The van der Waals surface area contributed by atoms with Crippen LogP contribution in [0, 0.1) is 19.8 Å². The molecule has 0 fully saturated rings. The monoisotopic (exact) mass is 641 g/mol. The Balaban J connectivity index is 1.82. The number of nitrogens with zero attached hydrogens (tertiary/aromatic N) is 2. The lowest BCUT2D eigenvalue weighted by molar-refractivity contribution is -0.140. The van der Waals surface area contributed by atoms with Crippen molar-refractivity contribution in [3.05, 3.63) is 125 Å². The van der Waals surface area contributed by atoms with Crippen LogP contribution in [0.15, 0.2) is 108 Å². The molecule has 0 bridgehead atoms. The average molecular weight is 642 g/mol. The van der Waals surface area contributed by atoms with Gasteiger partial charge in [-0.25, -0.2) is 8.42 Å². The van der Waals surface area contributed by atoms with Crippen LogP contribution >= 0.6 is 0 Å². The van der Waals surface area contributed by atoms with Crippen LogP contribution in [-0.4, -0.2) is 51.4 Å². The van der Waals surface area contributed by atoms with Gasteiger partial charge in [0.05, 0.1) is 17.7 Å². The molecule has 242 valence electrons. The van der Waals surface area contributed by atoms with Crippen molar-refractivity contribution in [2.24, 2.45) is 5.92 Å². The number of amides is 2. The summed E-state index contributed by atoms with van der Waals surface area (Å²) in [6.07, 6.45) is 0.256. The quantitative estimate of drug-likeness (QED) is 0.185. The molecule has 0 aliphatic rings. The Morgan fingerprint density at radius 1 is 0.848 bits per heavy atom. The number of sulfonamides is 1. The predicted octanol–water partition coefficient (Wildman–Crippen LogP) is 5.92. The van der Waals surface area contributed by atoms with Crippen molar-refractivity contribution in [3.8, 4) is 5.75 Å². The Bertz CT molecular complexity index is 1720. The molecule has 0 radical (unpaired) electrons.